The smallest absolute Gasteiger partial charge is 0.322 e. The van der Waals surface area contributed by atoms with Crippen LogP contribution in [0.4, 0.5) is 10.5 Å². The van der Waals surface area contributed by atoms with Gasteiger partial charge in [-0.1, -0.05) is 23.7 Å². The third-order valence-corrected chi connectivity index (χ3v) is 5.88. The molecule has 2 amide bonds. The number of aromatic nitrogens is 1. The zero-order valence-electron chi connectivity index (χ0n) is 16.7. The van der Waals surface area contributed by atoms with Gasteiger partial charge >= 0.3 is 6.03 Å². The Labute approximate surface area is 188 Å². The number of hydrogen-bond donors (Lipinski definition) is 2. The number of aromatic amines is 1. The minimum atomic E-state index is -0.315. The summed E-state index contributed by atoms with van der Waals surface area (Å²) in [7, 11) is 1.58. The fourth-order valence-corrected chi connectivity index (χ4v) is 4.14. The van der Waals surface area contributed by atoms with Crippen LogP contribution < -0.4 is 15.6 Å². The highest BCUT2D eigenvalue weighted by Gasteiger charge is 2.18. The van der Waals surface area contributed by atoms with Crippen molar-refractivity contribution in [1.29, 1.82) is 0 Å². The molecule has 2 heterocycles. The zero-order valence-corrected chi connectivity index (χ0v) is 18.3. The fourth-order valence-electron chi connectivity index (χ4n) is 3.23. The number of thiophene rings is 1. The van der Waals surface area contributed by atoms with Crippen molar-refractivity contribution in [3.05, 3.63) is 91.9 Å². The first-order valence-corrected chi connectivity index (χ1v) is 10.8. The molecule has 31 heavy (non-hydrogen) atoms. The molecule has 0 spiro atoms. The Morgan fingerprint density at radius 3 is 2.74 bits per heavy atom. The molecular weight excluding hydrogens is 434 g/mol. The molecule has 2 N–H and O–H groups in total. The lowest BCUT2D eigenvalue weighted by Gasteiger charge is -2.22. The van der Waals surface area contributed by atoms with Crippen molar-refractivity contribution in [3.63, 3.8) is 0 Å². The van der Waals surface area contributed by atoms with Crippen LogP contribution in [0.15, 0.2) is 70.8 Å². The number of fused-ring (bicyclic) bond motifs is 1. The van der Waals surface area contributed by atoms with Crippen LogP contribution in [0.5, 0.6) is 5.75 Å². The molecular formula is C23H20ClN3O3S. The molecule has 158 valence electrons. The van der Waals surface area contributed by atoms with E-state index in [-0.39, 0.29) is 18.1 Å². The van der Waals surface area contributed by atoms with Gasteiger partial charge in [0.1, 0.15) is 5.75 Å². The van der Waals surface area contributed by atoms with E-state index in [0.717, 1.165) is 10.3 Å². The van der Waals surface area contributed by atoms with Crippen LogP contribution in [-0.2, 0) is 13.1 Å². The largest absolute Gasteiger partial charge is 0.497 e. The summed E-state index contributed by atoms with van der Waals surface area (Å²) in [6.45, 7) is 0.533. The van der Waals surface area contributed by atoms with Crippen LogP contribution in [0.1, 0.15) is 10.4 Å². The number of carbonyl (C=O) groups is 1. The lowest BCUT2D eigenvalue weighted by atomic mass is 10.1. The summed E-state index contributed by atoms with van der Waals surface area (Å²) < 4.78 is 5.22. The van der Waals surface area contributed by atoms with Crippen LogP contribution >= 0.6 is 22.9 Å². The lowest BCUT2D eigenvalue weighted by Crippen LogP contribution is -2.35. The highest BCUT2D eigenvalue weighted by molar-refractivity contribution is 7.09. The predicted molar refractivity (Wildman–Crippen MR) is 125 cm³/mol. The number of benzene rings is 2. The molecule has 6 nitrogen and oxygen atoms in total. The van der Waals surface area contributed by atoms with E-state index in [1.807, 2.05) is 35.7 Å². The first-order chi connectivity index (χ1) is 15.0. The van der Waals surface area contributed by atoms with Crippen molar-refractivity contribution in [2.45, 2.75) is 13.1 Å². The number of anilines is 1. The second kappa shape index (κ2) is 9.24. The summed E-state index contributed by atoms with van der Waals surface area (Å²) >= 11 is 7.59. The Kier molecular flexibility index (Phi) is 6.25. The van der Waals surface area contributed by atoms with Crippen LogP contribution in [0.2, 0.25) is 5.02 Å². The van der Waals surface area contributed by atoms with Gasteiger partial charge in [0.25, 0.3) is 5.56 Å². The molecule has 0 radical (unpaired) electrons. The number of ether oxygens (including phenoxy) is 1. The Morgan fingerprint density at radius 1 is 1.13 bits per heavy atom. The highest BCUT2D eigenvalue weighted by atomic mass is 35.5. The molecule has 0 saturated heterocycles. The van der Waals surface area contributed by atoms with Gasteiger partial charge in [-0.05, 0) is 53.2 Å². The van der Waals surface area contributed by atoms with Crippen molar-refractivity contribution in [2.24, 2.45) is 0 Å². The number of amides is 2. The molecule has 2 aromatic heterocycles. The number of pyridine rings is 1. The van der Waals surface area contributed by atoms with Crippen LogP contribution in [0, 0.1) is 0 Å². The average Bonchev–Trinajstić information content (AvgIpc) is 3.26. The Bertz CT molecular complexity index is 1270. The molecule has 2 aromatic carbocycles. The number of carbonyl (C=O) groups excluding carboxylic acids is 1. The standard InChI is InChI=1S/C23H20ClN3O3S/c1-30-19-8-7-15-10-16(22(28)26-21(15)12-19)13-27(14-20-6-3-9-31-20)23(29)25-18-5-2-4-17(24)11-18/h2-12H,13-14H2,1H3,(H,25,29)(H,26,28). The summed E-state index contributed by atoms with van der Waals surface area (Å²) in [5, 5.41) is 6.22. The quantitative estimate of drug-likeness (QED) is 0.405. The zero-order chi connectivity index (χ0) is 21.8. The van der Waals surface area contributed by atoms with Gasteiger partial charge in [0.05, 0.1) is 25.7 Å². The monoisotopic (exact) mass is 453 g/mol. The van der Waals surface area contributed by atoms with Crippen molar-refractivity contribution in [1.82, 2.24) is 9.88 Å². The number of methoxy groups -OCH3 is 1. The summed E-state index contributed by atoms with van der Waals surface area (Å²) in [4.78, 5) is 31.3. The number of hydrogen-bond acceptors (Lipinski definition) is 4. The molecule has 0 aliphatic heterocycles. The maximum Gasteiger partial charge on any atom is 0.322 e. The van der Waals surface area contributed by atoms with E-state index in [1.165, 1.54) is 0 Å². The van der Waals surface area contributed by atoms with E-state index in [4.69, 9.17) is 16.3 Å². The number of nitrogens with one attached hydrogen (secondary N) is 2. The van der Waals surface area contributed by atoms with Gasteiger partial charge in [0.2, 0.25) is 0 Å². The summed E-state index contributed by atoms with van der Waals surface area (Å²) in [5.74, 6) is 0.663. The topological polar surface area (TPSA) is 74.4 Å². The fraction of sp³-hybridized carbons (Fsp3) is 0.130. The predicted octanol–water partition coefficient (Wildman–Crippen LogP) is 5.49. The minimum absolute atomic E-state index is 0.154. The molecule has 0 saturated carbocycles. The summed E-state index contributed by atoms with van der Waals surface area (Å²) in [6, 6.07) is 17.8. The van der Waals surface area contributed by atoms with Gasteiger partial charge in [-0.3, -0.25) is 4.79 Å². The SMILES string of the molecule is COc1ccc2cc(CN(Cc3cccs3)C(=O)Nc3cccc(Cl)c3)c(=O)[nH]c2c1. The van der Waals surface area contributed by atoms with Crippen LogP contribution in [-0.4, -0.2) is 23.0 Å². The maximum atomic E-state index is 13.1. The van der Waals surface area contributed by atoms with Crippen molar-refractivity contribution >= 4 is 45.6 Å². The van der Waals surface area contributed by atoms with E-state index < -0.39 is 0 Å². The molecule has 0 aliphatic rings. The normalized spacial score (nSPS) is 10.8. The molecule has 4 rings (SSSR count). The number of halogens is 1. The van der Waals surface area contributed by atoms with E-state index in [2.05, 4.69) is 10.3 Å². The van der Waals surface area contributed by atoms with Crippen LogP contribution in [0.3, 0.4) is 0 Å². The lowest BCUT2D eigenvalue weighted by molar-refractivity contribution is 0.207. The number of urea groups is 1. The van der Waals surface area contributed by atoms with E-state index in [0.29, 0.717) is 34.1 Å². The van der Waals surface area contributed by atoms with E-state index in [1.54, 1.807) is 53.7 Å². The summed E-state index contributed by atoms with van der Waals surface area (Å²) in [6.07, 6.45) is 0. The summed E-state index contributed by atoms with van der Waals surface area (Å²) in [5.41, 5.74) is 1.53. The van der Waals surface area contributed by atoms with Gasteiger partial charge in [-0.25, -0.2) is 4.79 Å². The van der Waals surface area contributed by atoms with Gasteiger partial charge in [0, 0.05) is 27.2 Å². The maximum absolute atomic E-state index is 13.1. The van der Waals surface area contributed by atoms with Gasteiger partial charge in [-0.15, -0.1) is 11.3 Å². The van der Waals surface area contributed by atoms with Crippen molar-refractivity contribution < 1.29 is 9.53 Å². The minimum Gasteiger partial charge on any atom is -0.497 e. The Hall–Kier alpha value is -3.29. The molecule has 0 bridgehead atoms. The Morgan fingerprint density at radius 2 is 2.00 bits per heavy atom. The first kappa shape index (κ1) is 21.0. The average molecular weight is 454 g/mol. The van der Waals surface area contributed by atoms with E-state index in [9.17, 15) is 9.59 Å². The highest BCUT2D eigenvalue weighted by Crippen LogP contribution is 2.21. The molecule has 8 heteroatoms. The van der Waals surface area contributed by atoms with Crippen molar-refractivity contribution in [3.8, 4) is 5.75 Å². The van der Waals surface area contributed by atoms with Crippen molar-refractivity contribution in [2.75, 3.05) is 12.4 Å². The Balaban J connectivity index is 1.63. The molecule has 0 unspecified atom stereocenters. The number of rotatable bonds is 6. The van der Waals surface area contributed by atoms with E-state index >= 15 is 0 Å². The van der Waals surface area contributed by atoms with Gasteiger partial charge < -0.3 is 19.9 Å². The number of H-pyrrole nitrogens is 1. The molecule has 0 atom stereocenters. The molecule has 0 fully saturated rings. The van der Waals surface area contributed by atoms with Gasteiger partial charge in [-0.2, -0.15) is 0 Å². The first-order valence-electron chi connectivity index (χ1n) is 9.55. The molecule has 4 aromatic rings. The van der Waals surface area contributed by atoms with Crippen LogP contribution in [0.25, 0.3) is 10.9 Å². The third kappa shape index (κ3) is 5.07. The second-order valence-electron chi connectivity index (χ2n) is 6.95. The number of nitrogens with zero attached hydrogens (tertiary/aromatic N) is 1. The molecule has 0 aliphatic carbocycles. The second-order valence-corrected chi connectivity index (χ2v) is 8.42. The third-order valence-electron chi connectivity index (χ3n) is 4.78. The van der Waals surface area contributed by atoms with Gasteiger partial charge in [0.15, 0.2) is 0 Å².